The molecule has 1 aromatic carbocycles. The average Bonchev–Trinajstić information content (AvgIpc) is 3.07. The van der Waals surface area contributed by atoms with Gasteiger partial charge < -0.3 is 4.42 Å². The van der Waals surface area contributed by atoms with E-state index in [0.29, 0.717) is 24.3 Å². The minimum Gasteiger partial charge on any atom is -0.463 e. The maximum absolute atomic E-state index is 13.2. The summed E-state index contributed by atoms with van der Waals surface area (Å²) in [6, 6.07) is 9.60. The van der Waals surface area contributed by atoms with Crippen LogP contribution in [0, 0.1) is 5.82 Å². The Morgan fingerprint density at radius 2 is 2.20 bits per heavy atom. The molecule has 0 unspecified atom stereocenters. The second-order valence-electron chi connectivity index (χ2n) is 4.21. The zero-order valence-corrected chi connectivity index (χ0v) is 10.4. The highest BCUT2D eigenvalue weighted by Gasteiger charge is 2.17. The van der Waals surface area contributed by atoms with Crippen molar-refractivity contribution in [3.63, 3.8) is 0 Å². The fraction of sp³-hybridized carbons (Fsp3) is 0.0714. The lowest BCUT2D eigenvalue weighted by molar-refractivity contribution is 0.111. The highest BCUT2D eigenvalue weighted by Crippen LogP contribution is 2.22. The highest BCUT2D eigenvalue weighted by molar-refractivity contribution is 5.81. The molecule has 0 N–H and O–H groups in total. The number of carbonyl (C=O) groups excluding carboxylic acids is 1. The molecule has 0 spiro atoms. The van der Waals surface area contributed by atoms with Gasteiger partial charge in [0.2, 0.25) is 0 Å². The lowest BCUT2D eigenvalue weighted by Gasteiger charge is -2.05. The van der Waals surface area contributed by atoms with Crippen LogP contribution < -0.4 is 0 Å². The number of aldehydes is 1. The van der Waals surface area contributed by atoms with Crippen LogP contribution in [0.2, 0.25) is 0 Å². The number of nitrogens with zero attached hydrogens (tertiary/aromatic N) is 3. The molecular formula is C14H10FN3O2. The van der Waals surface area contributed by atoms with Crippen LogP contribution in [-0.4, -0.2) is 21.3 Å². The number of furan rings is 1. The third-order valence-electron chi connectivity index (χ3n) is 2.85. The van der Waals surface area contributed by atoms with Gasteiger partial charge in [-0.25, -0.2) is 9.07 Å². The lowest BCUT2D eigenvalue weighted by Crippen LogP contribution is -2.04. The SMILES string of the molecule is O=Cc1nnn(Cc2cccc(F)c2)c1-c1ccco1. The molecule has 6 heteroatoms. The molecule has 0 amide bonds. The van der Waals surface area contributed by atoms with Crippen molar-refractivity contribution in [1.29, 1.82) is 0 Å². The minimum atomic E-state index is -0.322. The minimum absolute atomic E-state index is 0.191. The van der Waals surface area contributed by atoms with Crippen molar-refractivity contribution in [2.24, 2.45) is 0 Å². The van der Waals surface area contributed by atoms with E-state index in [-0.39, 0.29) is 11.5 Å². The van der Waals surface area contributed by atoms with E-state index in [1.165, 1.54) is 23.1 Å². The van der Waals surface area contributed by atoms with E-state index in [4.69, 9.17) is 4.42 Å². The predicted molar refractivity (Wildman–Crippen MR) is 68.6 cm³/mol. The molecular weight excluding hydrogens is 261 g/mol. The highest BCUT2D eigenvalue weighted by atomic mass is 19.1. The monoisotopic (exact) mass is 271 g/mol. The molecule has 20 heavy (non-hydrogen) atoms. The number of halogens is 1. The zero-order valence-electron chi connectivity index (χ0n) is 10.4. The summed E-state index contributed by atoms with van der Waals surface area (Å²) in [5.74, 6) is 0.172. The second-order valence-corrected chi connectivity index (χ2v) is 4.21. The number of rotatable bonds is 4. The van der Waals surface area contributed by atoms with Crippen molar-refractivity contribution in [3.8, 4) is 11.5 Å². The molecule has 5 nitrogen and oxygen atoms in total. The summed E-state index contributed by atoms with van der Waals surface area (Å²) in [7, 11) is 0. The van der Waals surface area contributed by atoms with Crippen molar-refractivity contribution < 1.29 is 13.6 Å². The van der Waals surface area contributed by atoms with E-state index < -0.39 is 0 Å². The first kappa shape index (κ1) is 12.3. The first-order valence-corrected chi connectivity index (χ1v) is 5.95. The molecule has 0 aliphatic rings. The molecule has 0 saturated heterocycles. The van der Waals surface area contributed by atoms with Gasteiger partial charge in [0.15, 0.2) is 17.7 Å². The predicted octanol–water partition coefficient (Wildman–Crippen LogP) is 2.54. The summed E-state index contributed by atoms with van der Waals surface area (Å²) >= 11 is 0. The molecule has 2 heterocycles. The Balaban J connectivity index is 2.02. The van der Waals surface area contributed by atoms with Gasteiger partial charge in [-0.15, -0.1) is 5.10 Å². The molecule has 100 valence electrons. The normalized spacial score (nSPS) is 10.7. The Hall–Kier alpha value is -2.76. The van der Waals surface area contributed by atoms with Gasteiger partial charge in [0.25, 0.3) is 0 Å². The topological polar surface area (TPSA) is 60.9 Å². The molecule has 0 aliphatic carbocycles. The largest absolute Gasteiger partial charge is 0.463 e. The Bertz CT molecular complexity index is 735. The average molecular weight is 271 g/mol. The van der Waals surface area contributed by atoms with Crippen molar-refractivity contribution in [1.82, 2.24) is 15.0 Å². The van der Waals surface area contributed by atoms with E-state index in [9.17, 15) is 9.18 Å². The van der Waals surface area contributed by atoms with Gasteiger partial charge in [0.1, 0.15) is 11.5 Å². The number of aromatic nitrogens is 3. The van der Waals surface area contributed by atoms with Crippen LogP contribution >= 0.6 is 0 Å². The van der Waals surface area contributed by atoms with E-state index in [0.717, 1.165) is 5.56 Å². The van der Waals surface area contributed by atoms with Crippen molar-refractivity contribution in [3.05, 3.63) is 59.7 Å². The van der Waals surface area contributed by atoms with Crippen LogP contribution in [0.15, 0.2) is 47.1 Å². The molecule has 0 fully saturated rings. The smallest absolute Gasteiger partial charge is 0.172 e. The summed E-state index contributed by atoms with van der Waals surface area (Å²) in [4.78, 5) is 11.0. The van der Waals surface area contributed by atoms with Crippen molar-refractivity contribution >= 4 is 6.29 Å². The molecule has 3 rings (SSSR count). The van der Waals surface area contributed by atoms with Crippen LogP contribution in [0.25, 0.3) is 11.5 Å². The van der Waals surface area contributed by atoms with Crippen LogP contribution in [0.5, 0.6) is 0 Å². The molecule has 3 aromatic rings. The van der Waals surface area contributed by atoms with Crippen LogP contribution in [0.4, 0.5) is 4.39 Å². The van der Waals surface area contributed by atoms with Crippen molar-refractivity contribution in [2.45, 2.75) is 6.54 Å². The van der Waals surface area contributed by atoms with Gasteiger partial charge >= 0.3 is 0 Å². The third-order valence-corrected chi connectivity index (χ3v) is 2.85. The number of hydrogen-bond acceptors (Lipinski definition) is 4. The molecule has 0 atom stereocenters. The number of benzene rings is 1. The van der Waals surface area contributed by atoms with Gasteiger partial charge in [0, 0.05) is 0 Å². The van der Waals surface area contributed by atoms with Gasteiger partial charge in [-0.2, -0.15) is 0 Å². The van der Waals surface area contributed by atoms with E-state index in [1.54, 1.807) is 24.3 Å². The fourth-order valence-corrected chi connectivity index (χ4v) is 1.99. The maximum atomic E-state index is 13.2. The van der Waals surface area contributed by atoms with Gasteiger partial charge in [-0.05, 0) is 29.8 Å². The van der Waals surface area contributed by atoms with E-state index in [1.807, 2.05) is 0 Å². The summed E-state index contributed by atoms with van der Waals surface area (Å²) < 4.78 is 20.0. The first-order chi connectivity index (χ1) is 9.78. The van der Waals surface area contributed by atoms with E-state index >= 15 is 0 Å². The summed E-state index contributed by atoms with van der Waals surface area (Å²) in [6.07, 6.45) is 2.12. The molecule has 0 saturated carbocycles. The number of carbonyl (C=O) groups is 1. The van der Waals surface area contributed by atoms with Crippen LogP contribution in [0.1, 0.15) is 16.1 Å². The Morgan fingerprint density at radius 1 is 1.30 bits per heavy atom. The standard InChI is InChI=1S/C14H10FN3O2/c15-11-4-1-3-10(7-11)8-18-14(12(9-19)16-17-18)13-5-2-6-20-13/h1-7,9H,8H2. The summed E-state index contributed by atoms with van der Waals surface area (Å²) in [5, 5.41) is 7.72. The zero-order chi connectivity index (χ0) is 13.9. The molecule has 0 aliphatic heterocycles. The quantitative estimate of drug-likeness (QED) is 0.684. The lowest BCUT2D eigenvalue weighted by atomic mass is 10.2. The third kappa shape index (κ3) is 2.23. The Morgan fingerprint density at radius 3 is 2.90 bits per heavy atom. The molecule has 2 aromatic heterocycles. The Kier molecular flexibility index (Phi) is 3.12. The Labute approximate surface area is 113 Å². The van der Waals surface area contributed by atoms with E-state index in [2.05, 4.69) is 10.3 Å². The van der Waals surface area contributed by atoms with Crippen LogP contribution in [-0.2, 0) is 6.54 Å². The molecule has 0 radical (unpaired) electrons. The summed E-state index contributed by atoms with van der Waals surface area (Å²) in [6.45, 7) is 0.300. The van der Waals surface area contributed by atoms with Crippen molar-refractivity contribution in [2.75, 3.05) is 0 Å². The summed E-state index contributed by atoms with van der Waals surface area (Å²) in [5.41, 5.74) is 1.39. The van der Waals surface area contributed by atoms with Gasteiger partial charge in [0.05, 0.1) is 12.8 Å². The number of hydrogen-bond donors (Lipinski definition) is 0. The molecule has 0 bridgehead atoms. The van der Waals surface area contributed by atoms with Crippen LogP contribution in [0.3, 0.4) is 0 Å². The van der Waals surface area contributed by atoms with Gasteiger partial charge in [-0.3, -0.25) is 4.79 Å². The van der Waals surface area contributed by atoms with Gasteiger partial charge in [-0.1, -0.05) is 17.3 Å². The maximum Gasteiger partial charge on any atom is 0.172 e. The first-order valence-electron chi connectivity index (χ1n) is 5.95. The second kappa shape index (κ2) is 5.08. The fourth-order valence-electron chi connectivity index (χ4n) is 1.99.